The molecule has 106 valence electrons. The highest BCUT2D eigenvalue weighted by atomic mass is 32.1. The van der Waals surface area contributed by atoms with Gasteiger partial charge in [-0.05, 0) is 18.4 Å². The van der Waals surface area contributed by atoms with Crippen molar-refractivity contribution in [3.63, 3.8) is 0 Å². The summed E-state index contributed by atoms with van der Waals surface area (Å²) in [4.78, 5) is 24.8. The lowest BCUT2D eigenvalue weighted by Gasteiger charge is -2.24. The second-order valence-corrected chi connectivity index (χ2v) is 5.16. The van der Waals surface area contributed by atoms with Gasteiger partial charge < -0.3 is 20.4 Å². The van der Waals surface area contributed by atoms with Crippen molar-refractivity contribution in [3.8, 4) is 0 Å². The first-order chi connectivity index (χ1) is 8.93. The molecule has 0 spiro atoms. The van der Waals surface area contributed by atoms with Crippen LogP contribution in [-0.2, 0) is 4.79 Å². The van der Waals surface area contributed by atoms with Gasteiger partial charge in [-0.2, -0.15) is 0 Å². The Morgan fingerprint density at radius 2 is 2.21 bits per heavy atom. The highest BCUT2D eigenvalue weighted by Crippen LogP contribution is 2.23. The van der Waals surface area contributed by atoms with Gasteiger partial charge in [0.25, 0.3) is 0 Å². The van der Waals surface area contributed by atoms with E-state index in [1.54, 1.807) is 23.3 Å². The van der Waals surface area contributed by atoms with Crippen molar-refractivity contribution in [2.45, 2.75) is 25.5 Å². The number of urea groups is 1. The average molecular weight is 286 g/mol. The SMILES string of the molecule is CC(c1cccs1)N(C)C(=O)NCC[C@H](O)C(=O)O. The summed E-state index contributed by atoms with van der Waals surface area (Å²) in [5, 5.41) is 22.1. The zero-order valence-electron chi connectivity index (χ0n) is 10.9. The van der Waals surface area contributed by atoms with E-state index in [9.17, 15) is 9.59 Å². The van der Waals surface area contributed by atoms with Crippen molar-refractivity contribution >= 4 is 23.3 Å². The highest BCUT2D eigenvalue weighted by Gasteiger charge is 2.18. The molecule has 1 unspecified atom stereocenters. The van der Waals surface area contributed by atoms with Crippen molar-refractivity contribution in [1.29, 1.82) is 0 Å². The Kier molecular flexibility index (Phi) is 5.78. The number of carbonyl (C=O) groups is 2. The third-order valence-corrected chi connectivity index (χ3v) is 3.88. The molecule has 0 fully saturated rings. The van der Waals surface area contributed by atoms with Crippen molar-refractivity contribution < 1.29 is 19.8 Å². The quantitative estimate of drug-likeness (QED) is 0.735. The van der Waals surface area contributed by atoms with Gasteiger partial charge in [0.2, 0.25) is 0 Å². The fraction of sp³-hybridized carbons (Fsp3) is 0.500. The third-order valence-electron chi connectivity index (χ3n) is 2.84. The summed E-state index contributed by atoms with van der Waals surface area (Å²) in [5.41, 5.74) is 0. The molecule has 0 aliphatic rings. The molecule has 1 heterocycles. The number of hydrogen-bond acceptors (Lipinski definition) is 4. The van der Waals surface area contributed by atoms with Gasteiger partial charge in [-0.1, -0.05) is 6.07 Å². The summed E-state index contributed by atoms with van der Waals surface area (Å²) in [5.74, 6) is -1.28. The van der Waals surface area contributed by atoms with Crippen LogP contribution in [-0.4, -0.2) is 46.8 Å². The Morgan fingerprint density at radius 3 is 2.74 bits per heavy atom. The number of amides is 2. The van der Waals surface area contributed by atoms with Gasteiger partial charge >= 0.3 is 12.0 Å². The maximum Gasteiger partial charge on any atom is 0.332 e. The fourth-order valence-corrected chi connectivity index (χ4v) is 2.29. The van der Waals surface area contributed by atoms with Crippen LogP contribution in [0.5, 0.6) is 0 Å². The molecule has 1 aromatic rings. The number of carboxylic acids is 1. The van der Waals surface area contributed by atoms with E-state index in [-0.39, 0.29) is 25.0 Å². The molecule has 1 aromatic heterocycles. The van der Waals surface area contributed by atoms with Crippen LogP contribution in [0.1, 0.15) is 24.3 Å². The molecule has 19 heavy (non-hydrogen) atoms. The summed E-state index contributed by atoms with van der Waals surface area (Å²) in [6.45, 7) is 2.03. The zero-order valence-corrected chi connectivity index (χ0v) is 11.7. The Hall–Kier alpha value is -1.60. The first-order valence-electron chi connectivity index (χ1n) is 5.88. The largest absolute Gasteiger partial charge is 0.479 e. The number of nitrogens with zero attached hydrogens (tertiary/aromatic N) is 1. The maximum atomic E-state index is 11.8. The summed E-state index contributed by atoms with van der Waals surface area (Å²) in [6.07, 6.45) is -1.46. The monoisotopic (exact) mass is 286 g/mol. The Morgan fingerprint density at radius 1 is 1.53 bits per heavy atom. The lowest BCUT2D eigenvalue weighted by molar-refractivity contribution is -0.146. The summed E-state index contributed by atoms with van der Waals surface area (Å²) < 4.78 is 0. The molecule has 0 saturated carbocycles. The molecule has 2 atom stereocenters. The van der Waals surface area contributed by atoms with Crippen molar-refractivity contribution in [2.75, 3.05) is 13.6 Å². The van der Waals surface area contributed by atoms with Gasteiger partial charge in [0, 0.05) is 24.9 Å². The summed E-state index contributed by atoms with van der Waals surface area (Å²) >= 11 is 1.57. The molecule has 0 radical (unpaired) electrons. The van der Waals surface area contributed by atoms with Gasteiger partial charge in [0.05, 0.1) is 6.04 Å². The van der Waals surface area contributed by atoms with E-state index in [2.05, 4.69) is 5.32 Å². The van der Waals surface area contributed by atoms with E-state index < -0.39 is 12.1 Å². The van der Waals surface area contributed by atoms with Gasteiger partial charge in [0.1, 0.15) is 0 Å². The standard InChI is InChI=1S/C12H18N2O4S/c1-8(10-4-3-7-19-10)14(2)12(18)13-6-5-9(15)11(16)17/h3-4,7-9,15H,5-6H2,1-2H3,(H,13,18)(H,16,17)/t8?,9-/m0/s1. The smallest absolute Gasteiger partial charge is 0.332 e. The molecule has 0 aliphatic heterocycles. The van der Waals surface area contributed by atoms with E-state index >= 15 is 0 Å². The number of thiophene rings is 1. The van der Waals surface area contributed by atoms with Crippen LogP contribution in [0.15, 0.2) is 17.5 Å². The number of hydrogen-bond donors (Lipinski definition) is 3. The molecule has 6 nitrogen and oxygen atoms in total. The number of nitrogens with one attached hydrogen (secondary N) is 1. The Labute approximate surface area is 115 Å². The van der Waals surface area contributed by atoms with Crippen molar-refractivity contribution in [3.05, 3.63) is 22.4 Å². The van der Waals surface area contributed by atoms with Gasteiger partial charge in [0.15, 0.2) is 6.10 Å². The Bertz CT molecular complexity index is 421. The highest BCUT2D eigenvalue weighted by molar-refractivity contribution is 7.10. The molecular weight excluding hydrogens is 268 g/mol. The third kappa shape index (κ3) is 4.53. The Balaban J connectivity index is 2.39. The van der Waals surface area contributed by atoms with Crippen molar-refractivity contribution in [2.24, 2.45) is 0 Å². The number of aliphatic hydroxyl groups excluding tert-OH is 1. The number of aliphatic carboxylic acids is 1. The normalized spacial score (nSPS) is 13.6. The summed E-state index contributed by atoms with van der Waals surface area (Å²) in [7, 11) is 1.67. The van der Waals surface area contributed by atoms with Crippen molar-refractivity contribution in [1.82, 2.24) is 10.2 Å². The van der Waals surface area contributed by atoms with E-state index in [1.165, 1.54) is 0 Å². The minimum absolute atomic E-state index is 0.0116. The van der Waals surface area contributed by atoms with Crippen LogP contribution in [0.2, 0.25) is 0 Å². The van der Waals surface area contributed by atoms with Crippen LogP contribution in [0.3, 0.4) is 0 Å². The molecule has 0 bridgehead atoms. The van der Waals surface area contributed by atoms with E-state index in [1.807, 2.05) is 24.4 Å². The first kappa shape index (κ1) is 15.5. The second kappa shape index (κ2) is 7.10. The fourth-order valence-electron chi connectivity index (χ4n) is 1.46. The number of rotatable bonds is 6. The maximum absolute atomic E-state index is 11.8. The van der Waals surface area contributed by atoms with Crippen LogP contribution < -0.4 is 5.32 Å². The molecule has 0 aromatic carbocycles. The number of carboxylic acid groups (broad SMARTS) is 1. The minimum atomic E-state index is -1.44. The predicted octanol–water partition coefficient (Wildman–Crippen LogP) is 1.29. The van der Waals surface area contributed by atoms with Gasteiger partial charge in [-0.15, -0.1) is 11.3 Å². The average Bonchev–Trinajstić information content (AvgIpc) is 2.90. The summed E-state index contributed by atoms with van der Waals surface area (Å²) in [6, 6.07) is 3.53. The molecular formula is C12H18N2O4S. The second-order valence-electron chi connectivity index (χ2n) is 4.18. The zero-order chi connectivity index (χ0) is 14.4. The molecule has 1 rings (SSSR count). The van der Waals surface area contributed by atoms with E-state index in [0.29, 0.717) is 0 Å². The lowest BCUT2D eigenvalue weighted by Crippen LogP contribution is -2.40. The van der Waals surface area contributed by atoms with E-state index in [0.717, 1.165) is 4.88 Å². The molecule has 3 N–H and O–H groups in total. The topological polar surface area (TPSA) is 89.9 Å². The molecule has 7 heteroatoms. The predicted molar refractivity (Wildman–Crippen MR) is 72.2 cm³/mol. The van der Waals surface area contributed by atoms with E-state index in [4.69, 9.17) is 10.2 Å². The van der Waals surface area contributed by atoms with Crippen LogP contribution in [0.4, 0.5) is 4.79 Å². The van der Waals surface area contributed by atoms with Crippen LogP contribution in [0.25, 0.3) is 0 Å². The number of carbonyl (C=O) groups excluding carboxylic acids is 1. The molecule has 0 saturated heterocycles. The lowest BCUT2D eigenvalue weighted by atomic mass is 10.2. The van der Waals surface area contributed by atoms with Gasteiger partial charge in [-0.25, -0.2) is 9.59 Å². The first-order valence-corrected chi connectivity index (χ1v) is 6.76. The molecule has 0 aliphatic carbocycles. The van der Waals surface area contributed by atoms with Crippen LogP contribution in [0, 0.1) is 0 Å². The minimum Gasteiger partial charge on any atom is -0.479 e. The number of aliphatic hydroxyl groups is 1. The molecule has 2 amide bonds. The van der Waals surface area contributed by atoms with Gasteiger partial charge in [-0.3, -0.25) is 0 Å². The van der Waals surface area contributed by atoms with Crippen LogP contribution >= 0.6 is 11.3 Å².